The molecule has 4 heteroatoms. The number of nitrogen functional groups attached to an aromatic ring is 1. The van der Waals surface area contributed by atoms with Crippen molar-refractivity contribution < 1.29 is 8.81 Å². The highest BCUT2D eigenvalue weighted by Gasteiger charge is 2.09. The van der Waals surface area contributed by atoms with E-state index in [9.17, 15) is 4.39 Å². The number of hydrogen-bond donors (Lipinski definition) is 1. The molecule has 0 fully saturated rings. The first-order valence-corrected chi connectivity index (χ1v) is 5.60. The molecule has 0 bridgehead atoms. The van der Waals surface area contributed by atoms with E-state index in [1.807, 2.05) is 24.3 Å². The zero-order valence-corrected chi connectivity index (χ0v) is 9.56. The average Bonchev–Trinajstić information content (AvgIpc) is 2.76. The smallest absolute Gasteiger partial charge is 0.169 e. The van der Waals surface area contributed by atoms with E-state index >= 15 is 0 Å². The topological polar surface area (TPSA) is 52.0 Å². The Morgan fingerprint density at radius 2 is 2.11 bits per heavy atom. The van der Waals surface area contributed by atoms with Crippen LogP contribution in [0.2, 0.25) is 0 Å². The highest BCUT2D eigenvalue weighted by atomic mass is 19.1. The summed E-state index contributed by atoms with van der Waals surface area (Å²) in [7, 11) is 0. The van der Waals surface area contributed by atoms with Gasteiger partial charge in [-0.05, 0) is 18.2 Å². The lowest BCUT2D eigenvalue weighted by Gasteiger charge is -2.00. The molecule has 90 valence electrons. The Morgan fingerprint density at radius 3 is 2.89 bits per heavy atom. The molecule has 3 rings (SSSR count). The molecule has 0 atom stereocenters. The first-order chi connectivity index (χ1) is 8.74. The molecule has 0 radical (unpaired) electrons. The molecule has 0 aliphatic carbocycles. The maximum absolute atomic E-state index is 13.5. The maximum Gasteiger partial charge on any atom is 0.169 e. The van der Waals surface area contributed by atoms with Gasteiger partial charge in [-0.1, -0.05) is 18.2 Å². The summed E-state index contributed by atoms with van der Waals surface area (Å²) in [5.41, 5.74) is 6.92. The quantitative estimate of drug-likeness (QED) is 0.751. The van der Waals surface area contributed by atoms with Gasteiger partial charge >= 0.3 is 0 Å². The van der Waals surface area contributed by atoms with Crippen molar-refractivity contribution in [1.82, 2.24) is 4.98 Å². The summed E-state index contributed by atoms with van der Waals surface area (Å²) in [4.78, 5) is 4.01. The fraction of sp³-hybridized carbons (Fsp3) is 0.0714. The van der Waals surface area contributed by atoms with Crippen molar-refractivity contribution in [3.05, 3.63) is 59.7 Å². The molecule has 2 heterocycles. The van der Waals surface area contributed by atoms with Crippen LogP contribution in [0.1, 0.15) is 11.3 Å². The van der Waals surface area contributed by atoms with Gasteiger partial charge in [0.15, 0.2) is 11.4 Å². The van der Waals surface area contributed by atoms with Gasteiger partial charge in [-0.3, -0.25) is 0 Å². The third kappa shape index (κ3) is 1.82. The Balaban J connectivity index is 2.01. The number of pyridine rings is 1. The van der Waals surface area contributed by atoms with Gasteiger partial charge < -0.3 is 10.2 Å². The SMILES string of the molecule is Nc1ncccc1Cc1cc2cccc(F)c2o1. The molecule has 3 aromatic rings. The van der Waals surface area contributed by atoms with E-state index < -0.39 is 0 Å². The molecule has 1 aromatic carbocycles. The lowest BCUT2D eigenvalue weighted by atomic mass is 10.1. The number of para-hydroxylation sites is 1. The van der Waals surface area contributed by atoms with Crippen LogP contribution >= 0.6 is 0 Å². The van der Waals surface area contributed by atoms with Crippen molar-refractivity contribution in [3.8, 4) is 0 Å². The number of hydrogen-bond acceptors (Lipinski definition) is 3. The lowest BCUT2D eigenvalue weighted by Crippen LogP contribution is -1.97. The second kappa shape index (κ2) is 4.14. The third-order valence-corrected chi connectivity index (χ3v) is 2.84. The molecule has 18 heavy (non-hydrogen) atoms. The zero-order chi connectivity index (χ0) is 12.5. The molecular weight excluding hydrogens is 231 g/mol. The summed E-state index contributed by atoms with van der Waals surface area (Å²) in [6.45, 7) is 0. The Hall–Kier alpha value is -2.36. The molecule has 0 spiro atoms. The van der Waals surface area contributed by atoms with E-state index in [4.69, 9.17) is 10.2 Å². The highest BCUT2D eigenvalue weighted by molar-refractivity contribution is 5.78. The molecule has 3 nitrogen and oxygen atoms in total. The fourth-order valence-electron chi connectivity index (χ4n) is 1.96. The monoisotopic (exact) mass is 242 g/mol. The summed E-state index contributed by atoms with van der Waals surface area (Å²) >= 11 is 0. The van der Waals surface area contributed by atoms with Crippen molar-refractivity contribution >= 4 is 16.8 Å². The minimum atomic E-state index is -0.349. The number of halogens is 1. The van der Waals surface area contributed by atoms with Crippen LogP contribution < -0.4 is 5.73 Å². The minimum absolute atomic E-state index is 0.287. The number of benzene rings is 1. The van der Waals surface area contributed by atoms with Crippen molar-refractivity contribution in [1.29, 1.82) is 0 Å². The molecule has 0 unspecified atom stereocenters. The standard InChI is InChI=1S/C14H11FN2O/c15-12-5-1-3-9-7-11(18-13(9)12)8-10-4-2-6-17-14(10)16/h1-7H,8H2,(H2,16,17). The number of furan rings is 1. The van der Waals surface area contributed by atoms with E-state index in [0.717, 1.165) is 10.9 Å². The Kier molecular flexibility index (Phi) is 2.48. The number of aromatic nitrogens is 1. The second-order valence-corrected chi connectivity index (χ2v) is 4.10. The minimum Gasteiger partial charge on any atom is -0.458 e. The predicted octanol–water partition coefficient (Wildman–Crippen LogP) is 3.14. The van der Waals surface area contributed by atoms with Gasteiger partial charge in [-0.2, -0.15) is 0 Å². The van der Waals surface area contributed by atoms with Gasteiger partial charge in [0.2, 0.25) is 0 Å². The average molecular weight is 242 g/mol. The summed E-state index contributed by atoms with van der Waals surface area (Å²) < 4.78 is 19.0. The third-order valence-electron chi connectivity index (χ3n) is 2.84. The Labute approximate surface area is 103 Å². The van der Waals surface area contributed by atoms with Gasteiger partial charge in [0.1, 0.15) is 11.6 Å². The number of nitrogens with zero attached hydrogens (tertiary/aromatic N) is 1. The van der Waals surface area contributed by atoms with Crippen LogP contribution in [0.3, 0.4) is 0 Å². The number of fused-ring (bicyclic) bond motifs is 1. The summed E-state index contributed by atoms with van der Waals surface area (Å²) in [6.07, 6.45) is 2.14. The molecule has 0 saturated heterocycles. The van der Waals surface area contributed by atoms with Gasteiger partial charge in [-0.25, -0.2) is 9.37 Å². The molecule has 0 aliphatic rings. The van der Waals surface area contributed by atoms with E-state index in [0.29, 0.717) is 18.0 Å². The summed E-state index contributed by atoms with van der Waals surface area (Å²) in [5, 5.41) is 0.757. The van der Waals surface area contributed by atoms with Gasteiger partial charge in [-0.15, -0.1) is 0 Å². The Bertz CT molecular complexity index is 706. The molecule has 2 aromatic heterocycles. The summed E-state index contributed by atoms with van der Waals surface area (Å²) in [5.74, 6) is 0.797. The molecule has 0 saturated carbocycles. The van der Waals surface area contributed by atoms with E-state index in [1.165, 1.54) is 6.07 Å². The number of rotatable bonds is 2. The van der Waals surface area contributed by atoms with Crippen molar-refractivity contribution in [2.75, 3.05) is 5.73 Å². The van der Waals surface area contributed by atoms with Crippen molar-refractivity contribution in [2.45, 2.75) is 6.42 Å². The highest BCUT2D eigenvalue weighted by Crippen LogP contribution is 2.24. The Morgan fingerprint density at radius 1 is 1.22 bits per heavy atom. The van der Waals surface area contributed by atoms with Crippen LogP contribution in [-0.2, 0) is 6.42 Å². The molecule has 0 aliphatic heterocycles. The number of nitrogens with two attached hydrogens (primary N) is 1. The molecule has 0 amide bonds. The van der Waals surface area contributed by atoms with Crippen LogP contribution in [0, 0.1) is 5.82 Å². The van der Waals surface area contributed by atoms with Crippen molar-refractivity contribution in [2.24, 2.45) is 0 Å². The fourth-order valence-corrected chi connectivity index (χ4v) is 1.96. The van der Waals surface area contributed by atoms with E-state index in [1.54, 1.807) is 12.3 Å². The number of anilines is 1. The van der Waals surface area contributed by atoms with Gasteiger partial charge in [0, 0.05) is 23.6 Å². The first-order valence-electron chi connectivity index (χ1n) is 5.60. The first kappa shape index (κ1) is 10.8. The molecular formula is C14H11FN2O. The van der Waals surface area contributed by atoms with Crippen LogP contribution in [0.25, 0.3) is 11.0 Å². The zero-order valence-electron chi connectivity index (χ0n) is 9.56. The maximum atomic E-state index is 13.5. The van der Waals surface area contributed by atoms with E-state index in [-0.39, 0.29) is 11.4 Å². The summed E-state index contributed by atoms with van der Waals surface area (Å²) in [6, 6.07) is 10.4. The van der Waals surface area contributed by atoms with Crippen LogP contribution in [0.4, 0.5) is 10.2 Å². The van der Waals surface area contributed by atoms with Crippen LogP contribution in [-0.4, -0.2) is 4.98 Å². The lowest BCUT2D eigenvalue weighted by molar-refractivity contribution is 0.528. The molecule has 2 N–H and O–H groups in total. The van der Waals surface area contributed by atoms with Gasteiger partial charge in [0.25, 0.3) is 0 Å². The second-order valence-electron chi connectivity index (χ2n) is 4.10. The predicted molar refractivity (Wildman–Crippen MR) is 67.6 cm³/mol. The van der Waals surface area contributed by atoms with Gasteiger partial charge in [0.05, 0.1) is 0 Å². The largest absolute Gasteiger partial charge is 0.458 e. The van der Waals surface area contributed by atoms with Crippen molar-refractivity contribution in [3.63, 3.8) is 0 Å². The van der Waals surface area contributed by atoms with Crippen LogP contribution in [0.15, 0.2) is 47.0 Å². The van der Waals surface area contributed by atoms with Crippen LogP contribution in [0.5, 0.6) is 0 Å². The van der Waals surface area contributed by atoms with E-state index in [2.05, 4.69) is 4.98 Å². The normalized spacial score (nSPS) is 10.9.